The summed E-state index contributed by atoms with van der Waals surface area (Å²) in [7, 11) is 0. The fourth-order valence-corrected chi connectivity index (χ4v) is 3.19. The van der Waals surface area contributed by atoms with Crippen molar-refractivity contribution in [3.63, 3.8) is 0 Å². The zero-order valence-electron chi connectivity index (χ0n) is 14.0. The molecule has 0 aliphatic heterocycles. The minimum Gasteiger partial charge on any atom is -0.342 e. The predicted octanol–water partition coefficient (Wildman–Crippen LogP) is 4.80. The molecule has 2 rings (SSSR count). The SMILES string of the molecule is CCCCCC=CCCC1CC1CN(CC)C(=O)C1CC1. The molecule has 2 heteroatoms. The smallest absolute Gasteiger partial charge is 0.225 e. The molecule has 120 valence electrons. The number of amides is 1. The van der Waals surface area contributed by atoms with Gasteiger partial charge in [0.1, 0.15) is 0 Å². The minimum atomic E-state index is 0.383. The van der Waals surface area contributed by atoms with Crippen LogP contribution in [0.2, 0.25) is 0 Å². The van der Waals surface area contributed by atoms with E-state index in [9.17, 15) is 4.79 Å². The molecule has 0 aromatic rings. The van der Waals surface area contributed by atoms with Gasteiger partial charge in [-0.2, -0.15) is 0 Å². The van der Waals surface area contributed by atoms with E-state index >= 15 is 0 Å². The molecular weight excluding hydrogens is 258 g/mol. The van der Waals surface area contributed by atoms with Crippen LogP contribution in [-0.2, 0) is 4.79 Å². The summed E-state index contributed by atoms with van der Waals surface area (Å²) < 4.78 is 0. The van der Waals surface area contributed by atoms with Crippen molar-refractivity contribution in [2.45, 2.75) is 71.6 Å². The van der Waals surface area contributed by atoms with Crippen molar-refractivity contribution < 1.29 is 4.79 Å². The van der Waals surface area contributed by atoms with E-state index in [-0.39, 0.29) is 0 Å². The van der Waals surface area contributed by atoms with E-state index < -0.39 is 0 Å². The van der Waals surface area contributed by atoms with Crippen LogP contribution in [0, 0.1) is 17.8 Å². The molecule has 0 aromatic carbocycles. The maximum Gasteiger partial charge on any atom is 0.225 e. The maximum atomic E-state index is 12.1. The predicted molar refractivity (Wildman–Crippen MR) is 89.1 cm³/mol. The fraction of sp³-hybridized carbons (Fsp3) is 0.842. The highest BCUT2D eigenvalue weighted by atomic mass is 16.2. The topological polar surface area (TPSA) is 20.3 Å². The van der Waals surface area contributed by atoms with Crippen LogP contribution >= 0.6 is 0 Å². The highest BCUT2D eigenvalue weighted by molar-refractivity contribution is 5.81. The molecule has 0 bridgehead atoms. The van der Waals surface area contributed by atoms with Crippen molar-refractivity contribution in [1.82, 2.24) is 4.90 Å². The number of unbranched alkanes of at least 4 members (excludes halogenated alkanes) is 3. The molecule has 2 aliphatic rings. The number of nitrogens with zero attached hydrogens (tertiary/aromatic N) is 1. The molecule has 0 saturated heterocycles. The van der Waals surface area contributed by atoms with Crippen molar-refractivity contribution in [2.24, 2.45) is 17.8 Å². The first-order chi connectivity index (χ1) is 10.3. The molecule has 2 atom stereocenters. The second kappa shape index (κ2) is 8.60. The number of allylic oxidation sites excluding steroid dienone is 2. The van der Waals surface area contributed by atoms with Gasteiger partial charge in [-0.1, -0.05) is 31.9 Å². The molecule has 0 aromatic heterocycles. The minimum absolute atomic E-state index is 0.383. The molecule has 0 N–H and O–H groups in total. The molecular formula is C19H33NO. The van der Waals surface area contributed by atoms with Crippen LogP contribution in [-0.4, -0.2) is 23.9 Å². The Morgan fingerprint density at radius 2 is 1.86 bits per heavy atom. The molecule has 0 spiro atoms. The Bertz CT molecular complexity index is 345. The summed E-state index contributed by atoms with van der Waals surface area (Å²) in [5.74, 6) is 2.49. The Morgan fingerprint density at radius 3 is 2.52 bits per heavy atom. The van der Waals surface area contributed by atoms with Gasteiger partial charge in [0, 0.05) is 19.0 Å². The van der Waals surface area contributed by atoms with E-state index in [0.717, 1.165) is 37.8 Å². The van der Waals surface area contributed by atoms with E-state index in [1.54, 1.807) is 0 Å². The van der Waals surface area contributed by atoms with Gasteiger partial charge in [-0.25, -0.2) is 0 Å². The number of hydrogen-bond acceptors (Lipinski definition) is 1. The van der Waals surface area contributed by atoms with Gasteiger partial charge in [-0.15, -0.1) is 0 Å². The van der Waals surface area contributed by atoms with Gasteiger partial charge in [-0.3, -0.25) is 4.79 Å². The Kier molecular flexibility index (Phi) is 6.79. The monoisotopic (exact) mass is 291 g/mol. The summed E-state index contributed by atoms with van der Waals surface area (Å²) in [6.07, 6.45) is 16.2. The van der Waals surface area contributed by atoms with Gasteiger partial charge in [-0.05, 0) is 63.7 Å². The molecule has 1 amide bonds. The summed E-state index contributed by atoms with van der Waals surface area (Å²) in [6.45, 7) is 6.30. The summed E-state index contributed by atoms with van der Waals surface area (Å²) in [6, 6.07) is 0. The van der Waals surface area contributed by atoms with Crippen LogP contribution in [0.25, 0.3) is 0 Å². The standard InChI is InChI=1S/C19H33NO/c1-3-5-6-7-8-9-10-11-17-14-18(17)15-20(4-2)19(21)16-12-13-16/h8-9,16-18H,3-7,10-15H2,1-2H3. The second-order valence-electron chi connectivity index (χ2n) is 6.95. The molecule has 0 heterocycles. The van der Waals surface area contributed by atoms with E-state index in [2.05, 4.69) is 30.9 Å². The van der Waals surface area contributed by atoms with Crippen LogP contribution in [0.5, 0.6) is 0 Å². The number of carbonyl (C=O) groups is 1. The zero-order valence-corrected chi connectivity index (χ0v) is 14.0. The maximum absolute atomic E-state index is 12.1. The van der Waals surface area contributed by atoms with Crippen molar-refractivity contribution in [2.75, 3.05) is 13.1 Å². The highest BCUT2D eigenvalue weighted by Gasteiger charge is 2.40. The summed E-state index contributed by atoms with van der Waals surface area (Å²) in [4.78, 5) is 14.2. The lowest BCUT2D eigenvalue weighted by Gasteiger charge is -2.20. The number of carbonyl (C=O) groups excluding carboxylic acids is 1. The molecule has 2 fully saturated rings. The van der Waals surface area contributed by atoms with Gasteiger partial charge < -0.3 is 4.90 Å². The average Bonchev–Trinajstić information content (AvgIpc) is 3.38. The normalized spacial score (nSPS) is 24.5. The molecule has 2 aliphatic carbocycles. The van der Waals surface area contributed by atoms with E-state index in [1.807, 2.05) is 0 Å². The highest BCUT2D eigenvalue weighted by Crippen LogP contribution is 2.43. The first kappa shape index (κ1) is 16.6. The van der Waals surface area contributed by atoms with Crippen molar-refractivity contribution in [3.05, 3.63) is 12.2 Å². The van der Waals surface area contributed by atoms with Crippen LogP contribution in [0.1, 0.15) is 71.6 Å². The summed E-state index contributed by atoms with van der Waals surface area (Å²) in [5, 5.41) is 0. The fourth-order valence-electron chi connectivity index (χ4n) is 3.19. The largest absolute Gasteiger partial charge is 0.342 e. The van der Waals surface area contributed by atoms with Crippen LogP contribution in [0.15, 0.2) is 12.2 Å². The second-order valence-corrected chi connectivity index (χ2v) is 6.95. The van der Waals surface area contributed by atoms with E-state index in [1.165, 1.54) is 44.9 Å². The average molecular weight is 291 g/mol. The van der Waals surface area contributed by atoms with Gasteiger partial charge >= 0.3 is 0 Å². The Labute approximate surface area is 131 Å². The molecule has 2 saturated carbocycles. The molecule has 0 radical (unpaired) electrons. The van der Waals surface area contributed by atoms with Crippen LogP contribution in [0.4, 0.5) is 0 Å². The number of hydrogen-bond donors (Lipinski definition) is 0. The van der Waals surface area contributed by atoms with Crippen molar-refractivity contribution >= 4 is 5.91 Å². The third-order valence-corrected chi connectivity index (χ3v) is 4.99. The number of rotatable bonds is 11. The Morgan fingerprint density at radius 1 is 1.10 bits per heavy atom. The van der Waals surface area contributed by atoms with Crippen molar-refractivity contribution in [1.29, 1.82) is 0 Å². The summed E-state index contributed by atoms with van der Waals surface area (Å²) >= 11 is 0. The third-order valence-electron chi connectivity index (χ3n) is 4.99. The first-order valence-corrected chi connectivity index (χ1v) is 9.20. The lowest BCUT2D eigenvalue weighted by molar-refractivity contribution is -0.132. The lowest BCUT2D eigenvalue weighted by Crippen LogP contribution is -2.34. The lowest BCUT2D eigenvalue weighted by atomic mass is 10.1. The summed E-state index contributed by atoms with van der Waals surface area (Å²) in [5.41, 5.74) is 0. The zero-order chi connectivity index (χ0) is 15.1. The Balaban J connectivity index is 1.54. The van der Waals surface area contributed by atoms with E-state index in [0.29, 0.717) is 11.8 Å². The molecule has 2 nitrogen and oxygen atoms in total. The molecule has 21 heavy (non-hydrogen) atoms. The Hall–Kier alpha value is -0.790. The first-order valence-electron chi connectivity index (χ1n) is 9.20. The van der Waals surface area contributed by atoms with Gasteiger partial charge in [0.15, 0.2) is 0 Å². The van der Waals surface area contributed by atoms with Crippen LogP contribution < -0.4 is 0 Å². The van der Waals surface area contributed by atoms with Crippen LogP contribution in [0.3, 0.4) is 0 Å². The van der Waals surface area contributed by atoms with Crippen molar-refractivity contribution in [3.8, 4) is 0 Å². The third kappa shape index (κ3) is 5.84. The van der Waals surface area contributed by atoms with E-state index in [4.69, 9.17) is 0 Å². The quantitative estimate of drug-likeness (QED) is 0.395. The van der Waals surface area contributed by atoms with Gasteiger partial charge in [0.2, 0.25) is 5.91 Å². The van der Waals surface area contributed by atoms with Gasteiger partial charge in [0.05, 0.1) is 0 Å². The molecule has 2 unspecified atom stereocenters. The van der Waals surface area contributed by atoms with Gasteiger partial charge in [0.25, 0.3) is 0 Å².